The fraction of sp³-hybridized carbons (Fsp3) is 0.692. The first-order chi connectivity index (χ1) is 8.99. The first-order valence-electron chi connectivity index (χ1n) is 6.55. The molecule has 0 amide bonds. The van der Waals surface area contributed by atoms with Crippen LogP contribution in [-0.4, -0.2) is 29.0 Å². The molecular weight excluding hydrogens is 266 g/mol. The molecule has 1 fully saturated rings. The highest BCUT2D eigenvalue weighted by Crippen LogP contribution is 2.35. The lowest BCUT2D eigenvalue weighted by atomic mass is 9.80. The van der Waals surface area contributed by atoms with Crippen molar-refractivity contribution in [1.29, 1.82) is 0 Å². The summed E-state index contributed by atoms with van der Waals surface area (Å²) < 4.78 is 6.90. The molecule has 0 saturated heterocycles. The van der Waals surface area contributed by atoms with Crippen LogP contribution in [0.5, 0.6) is 0 Å². The van der Waals surface area contributed by atoms with E-state index in [2.05, 4.69) is 10.4 Å². The predicted octanol–water partition coefficient (Wildman–Crippen LogP) is 2.46. The molecule has 2 rings (SSSR count). The van der Waals surface area contributed by atoms with E-state index in [9.17, 15) is 4.79 Å². The Labute approximate surface area is 117 Å². The van der Waals surface area contributed by atoms with Crippen molar-refractivity contribution in [2.24, 2.45) is 0 Å². The Bertz CT molecular complexity index is 504. The lowest BCUT2D eigenvalue weighted by Gasteiger charge is -2.40. The van der Waals surface area contributed by atoms with Gasteiger partial charge in [-0.1, -0.05) is 11.6 Å². The molecule has 1 N–H and O–H groups in total. The lowest BCUT2D eigenvalue weighted by molar-refractivity contribution is -0.0601. The molecular formula is C13H20ClN3O2. The summed E-state index contributed by atoms with van der Waals surface area (Å²) in [6, 6.07) is -0.00370. The van der Waals surface area contributed by atoms with Gasteiger partial charge in [0, 0.05) is 13.7 Å². The highest BCUT2D eigenvalue weighted by molar-refractivity contribution is 6.32. The third-order valence-corrected chi connectivity index (χ3v) is 4.10. The first-order valence-corrected chi connectivity index (χ1v) is 6.93. The number of methoxy groups -OCH3 is 1. The van der Waals surface area contributed by atoms with Crippen molar-refractivity contribution in [2.45, 2.75) is 44.8 Å². The Morgan fingerprint density at radius 2 is 2.26 bits per heavy atom. The van der Waals surface area contributed by atoms with Crippen LogP contribution in [0, 0.1) is 0 Å². The second-order valence-corrected chi connectivity index (χ2v) is 5.69. The molecule has 1 aliphatic rings. The molecule has 1 aromatic rings. The Balaban J connectivity index is 2.13. The van der Waals surface area contributed by atoms with Crippen molar-refractivity contribution >= 4 is 17.3 Å². The minimum absolute atomic E-state index is 0.00370. The van der Waals surface area contributed by atoms with Crippen molar-refractivity contribution < 1.29 is 4.74 Å². The molecule has 5 nitrogen and oxygen atoms in total. The van der Waals surface area contributed by atoms with Crippen LogP contribution in [-0.2, 0) is 4.74 Å². The largest absolute Gasteiger partial charge is 0.379 e. The van der Waals surface area contributed by atoms with E-state index in [1.807, 2.05) is 13.8 Å². The Kier molecular flexibility index (Phi) is 4.16. The number of halogens is 1. The number of hydrogen-bond donors (Lipinski definition) is 1. The van der Waals surface area contributed by atoms with Gasteiger partial charge < -0.3 is 10.1 Å². The van der Waals surface area contributed by atoms with Gasteiger partial charge in [-0.3, -0.25) is 4.79 Å². The first kappa shape index (κ1) is 14.3. The van der Waals surface area contributed by atoms with Crippen LogP contribution in [0.15, 0.2) is 11.0 Å². The fourth-order valence-electron chi connectivity index (χ4n) is 2.22. The number of nitrogens with zero attached hydrogens (tertiary/aromatic N) is 2. The van der Waals surface area contributed by atoms with Gasteiger partial charge in [-0.25, -0.2) is 4.68 Å². The number of nitrogens with one attached hydrogen (secondary N) is 1. The van der Waals surface area contributed by atoms with Gasteiger partial charge in [-0.15, -0.1) is 0 Å². The summed E-state index contributed by atoms with van der Waals surface area (Å²) in [5, 5.41) is 7.50. The van der Waals surface area contributed by atoms with E-state index >= 15 is 0 Å². The highest BCUT2D eigenvalue weighted by Gasteiger charge is 2.36. The normalized spacial score (nSPS) is 17.3. The summed E-state index contributed by atoms with van der Waals surface area (Å²) in [5.74, 6) is 0. The predicted molar refractivity (Wildman–Crippen MR) is 76.0 cm³/mol. The van der Waals surface area contributed by atoms with Crippen LogP contribution >= 0.6 is 11.6 Å². The van der Waals surface area contributed by atoms with Crippen LogP contribution < -0.4 is 10.9 Å². The zero-order chi connectivity index (χ0) is 14.0. The summed E-state index contributed by atoms with van der Waals surface area (Å²) in [4.78, 5) is 12.0. The second kappa shape index (κ2) is 5.51. The molecule has 106 valence electrons. The van der Waals surface area contributed by atoms with Gasteiger partial charge >= 0.3 is 0 Å². The summed E-state index contributed by atoms with van der Waals surface area (Å²) in [6.07, 6.45) is 4.84. The molecule has 1 heterocycles. The third-order valence-electron chi connectivity index (χ3n) is 3.73. The highest BCUT2D eigenvalue weighted by atomic mass is 35.5. The molecule has 0 radical (unpaired) electrons. The summed E-state index contributed by atoms with van der Waals surface area (Å²) in [7, 11) is 1.72. The van der Waals surface area contributed by atoms with E-state index in [0.29, 0.717) is 12.2 Å². The topological polar surface area (TPSA) is 56.1 Å². The van der Waals surface area contributed by atoms with Crippen LogP contribution in [0.1, 0.15) is 39.2 Å². The summed E-state index contributed by atoms with van der Waals surface area (Å²) >= 11 is 6.10. The molecule has 0 atom stereocenters. The number of rotatable bonds is 5. The molecule has 6 heteroatoms. The molecule has 0 aliphatic heterocycles. The van der Waals surface area contributed by atoms with Crippen molar-refractivity contribution in [3.63, 3.8) is 0 Å². The maximum atomic E-state index is 12.0. The van der Waals surface area contributed by atoms with Crippen LogP contribution in [0.25, 0.3) is 0 Å². The molecule has 0 spiro atoms. The van der Waals surface area contributed by atoms with Gasteiger partial charge in [0.25, 0.3) is 5.56 Å². The molecule has 1 aliphatic carbocycles. The van der Waals surface area contributed by atoms with Gasteiger partial charge in [0.05, 0.1) is 23.5 Å². The van der Waals surface area contributed by atoms with E-state index in [4.69, 9.17) is 16.3 Å². The summed E-state index contributed by atoms with van der Waals surface area (Å²) in [6.45, 7) is 4.44. The van der Waals surface area contributed by atoms with E-state index in [-0.39, 0.29) is 22.2 Å². The van der Waals surface area contributed by atoms with E-state index in [1.165, 1.54) is 11.1 Å². The fourth-order valence-corrected chi connectivity index (χ4v) is 2.42. The maximum Gasteiger partial charge on any atom is 0.287 e. The van der Waals surface area contributed by atoms with Crippen molar-refractivity contribution in [1.82, 2.24) is 9.78 Å². The average Bonchev–Trinajstić information content (AvgIpc) is 2.33. The van der Waals surface area contributed by atoms with Crippen LogP contribution in [0.2, 0.25) is 5.02 Å². The molecule has 19 heavy (non-hydrogen) atoms. The molecule has 1 saturated carbocycles. The summed E-state index contributed by atoms with van der Waals surface area (Å²) in [5.41, 5.74) is 0.199. The van der Waals surface area contributed by atoms with Crippen LogP contribution in [0.4, 0.5) is 5.69 Å². The maximum absolute atomic E-state index is 12.0. The van der Waals surface area contributed by atoms with Gasteiger partial charge in [0.15, 0.2) is 0 Å². The second-order valence-electron chi connectivity index (χ2n) is 5.31. The zero-order valence-corrected chi connectivity index (χ0v) is 12.3. The van der Waals surface area contributed by atoms with Gasteiger partial charge in [-0.05, 0) is 33.1 Å². The average molecular weight is 286 g/mol. The van der Waals surface area contributed by atoms with Gasteiger partial charge in [0.2, 0.25) is 0 Å². The minimum atomic E-state index is -0.262. The third kappa shape index (κ3) is 2.77. The molecule has 0 bridgehead atoms. The standard InChI is InChI=1S/C13H20ClN3O2/c1-9(2)17-12(18)11(14)10(7-16-17)15-8-13(19-3)5-4-6-13/h7,9,15H,4-6,8H2,1-3H3. The SMILES string of the molecule is COC1(CNc2cnn(C(C)C)c(=O)c2Cl)CCC1. The molecule has 0 aromatic carbocycles. The Morgan fingerprint density at radius 1 is 1.58 bits per heavy atom. The van der Waals surface area contributed by atoms with Gasteiger partial charge in [0.1, 0.15) is 5.02 Å². The molecule has 1 aromatic heterocycles. The number of ether oxygens (including phenoxy) is 1. The lowest BCUT2D eigenvalue weighted by Crippen LogP contribution is -2.45. The van der Waals surface area contributed by atoms with E-state index in [1.54, 1.807) is 13.3 Å². The van der Waals surface area contributed by atoms with E-state index < -0.39 is 0 Å². The van der Waals surface area contributed by atoms with E-state index in [0.717, 1.165) is 12.8 Å². The number of hydrogen-bond acceptors (Lipinski definition) is 4. The Morgan fingerprint density at radius 3 is 2.74 bits per heavy atom. The van der Waals surface area contributed by atoms with Crippen molar-refractivity contribution in [3.05, 3.63) is 21.6 Å². The quantitative estimate of drug-likeness (QED) is 0.903. The van der Waals surface area contributed by atoms with Gasteiger partial charge in [-0.2, -0.15) is 5.10 Å². The van der Waals surface area contributed by atoms with Crippen molar-refractivity contribution in [3.8, 4) is 0 Å². The van der Waals surface area contributed by atoms with Crippen molar-refractivity contribution in [2.75, 3.05) is 19.0 Å². The number of aromatic nitrogens is 2. The Hall–Kier alpha value is -1.07. The monoisotopic (exact) mass is 285 g/mol. The number of anilines is 1. The molecule has 0 unspecified atom stereocenters. The smallest absolute Gasteiger partial charge is 0.287 e. The van der Waals surface area contributed by atoms with Crippen LogP contribution in [0.3, 0.4) is 0 Å². The minimum Gasteiger partial charge on any atom is -0.379 e. The zero-order valence-electron chi connectivity index (χ0n) is 11.6.